The van der Waals surface area contributed by atoms with Crippen LogP contribution in [0.1, 0.15) is 20.8 Å². The van der Waals surface area contributed by atoms with E-state index in [1.807, 2.05) is 0 Å². The molecule has 0 radical (unpaired) electrons. The highest BCUT2D eigenvalue weighted by Gasteiger charge is 2.46. The molecular formula is C11H17N3O4. The summed E-state index contributed by atoms with van der Waals surface area (Å²) in [6.45, 7) is 4.63. The number of esters is 1. The van der Waals surface area contributed by atoms with E-state index in [2.05, 4.69) is 5.10 Å². The summed E-state index contributed by atoms with van der Waals surface area (Å²) < 4.78 is 6.30. The van der Waals surface area contributed by atoms with Crippen LogP contribution in [0.5, 0.6) is 0 Å². The number of aromatic nitrogens is 2. The van der Waals surface area contributed by atoms with Crippen LogP contribution in [-0.4, -0.2) is 38.0 Å². The van der Waals surface area contributed by atoms with Crippen LogP contribution in [0.2, 0.25) is 0 Å². The third kappa shape index (κ3) is 3.30. The SMILES string of the molecule is CC(C)(C)OC(=O)[C@@](N)(Cn1cccn1)C(=O)O. The zero-order chi connectivity index (χ0) is 14.0. The summed E-state index contributed by atoms with van der Waals surface area (Å²) in [5.41, 5.74) is 2.69. The van der Waals surface area contributed by atoms with Gasteiger partial charge < -0.3 is 15.6 Å². The molecule has 0 bridgehead atoms. The zero-order valence-corrected chi connectivity index (χ0v) is 10.6. The van der Waals surface area contributed by atoms with E-state index in [0.29, 0.717) is 0 Å². The number of carbonyl (C=O) groups excluding carboxylic acids is 1. The molecule has 0 aliphatic rings. The van der Waals surface area contributed by atoms with Gasteiger partial charge in [-0.25, -0.2) is 9.59 Å². The summed E-state index contributed by atoms with van der Waals surface area (Å²) in [4.78, 5) is 23.1. The van der Waals surface area contributed by atoms with Crippen LogP contribution in [0.25, 0.3) is 0 Å². The number of carboxylic acid groups (broad SMARTS) is 1. The molecule has 0 fully saturated rings. The van der Waals surface area contributed by atoms with Crippen molar-refractivity contribution in [3.63, 3.8) is 0 Å². The van der Waals surface area contributed by atoms with Crippen molar-refractivity contribution in [3.05, 3.63) is 18.5 Å². The lowest BCUT2D eigenvalue weighted by Gasteiger charge is -2.27. The number of rotatable bonds is 4. The molecule has 1 heterocycles. The van der Waals surface area contributed by atoms with E-state index in [9.17, 15) is 9.59 Å². The Kier molecular flexibility index (Phi) is 3.76. The molecule has 0 saturated carbocycles. The fraction of sp³-hybridized carbons (Fsp3) is 0.545. The molecule has 7 heteroatoms. The molecule has 1 rings (SSSR count). The Morgan fingerprint density at radius 3 is 2.44 bits per heavy atom. The summed E-state index contributed by atoms with van der Waals surface area (Å²) in [5.74, 6) is -2.44. The Hall–Kier alpha value is -1.89. The van der Waals surface area contributed by atoms with Crippen molar-refractivity contribution in [3.8, 4) is 0 Å². The highest BCUT2D eigenvalue weighted by molar-refractivity contribution is 6.03. The number of carboxylic acids is 1. The summed E-state index contributed by atoms with van der Waals surface area (Å²) in [5, 5.41) is 13.0. The predicted octanol–water partition coefficient (Wildman–Crippen LogP) is 0.00690. The smallest absolute Gasteiger partial charge is 0.340 e. The van der Waals surface area contributed by atoms with Gasteiger partial charge in [0.05, 0.1) is 6.54 Å². The van der Waals surface area contributed by atoms with E-state index < -0.39 is 23.1 Å². The average molecular weight is 255 g/mol. The number of hydrogen-bond acceptors (Lipinski definition) is 5. The number of aliphatic carboxylic acids is 1. The highest BCUT2D eigenvalue weighted by Crippen LogP contribution is 2.15. The molecule has 0 saturated heterocycles. The number of nitrogens with two attached hydrogens (primary N) is 1. The van der Waals surface area contributed by atoms with Crippen molar-refractivity contribution >= 4 is 11.9 Å². The van der Waals surface area contributed by atoms with E-state index in [-0.39, 0.29) is 6.54 Å². The molecule has 0 spiro atoms. The molecule has 0 aromatic carbocycles. The topological polar surface area (TPSA) is 107 Å². The van der Waals surface area contributed by atoms with Gasteiger partial charge in [-0.1, -0.05) is 0 Å². The molecule has 0 aliphatic carbocycles. The van der Waals surface area contributed by atoms with Gasteiger partial charge in [-0.3, -0.25) is 4.68 Å². The van der Waals surface area contributed by atoms with Crippen molar-refractivity contribution in [2.45, 2.75) is 38.5 Å². The third-order valence-corrected chi connectivity index (χ3v) is 2.12. The van der Waals surface area contributed by atoms with Gasteiger partial charge in [0.15, 0.2) is 0 Å². The first-order chi connectivity index (χ1) is 8.15. The van der Waals surface area contributed by atoms with Crippen LogP contribution in [0.4, 0.5) is 0 Å². The lowest BCUT2D eigenvalue weighted by atomic mass is 10.0. The summed E-state index contributed by atoms with van der Waals surface area (Å²) in [6, 6.07) is 1.61. The highest BCUT2D eigenvalue weighted by atomic mass is 16.6. The van der Waals surface area contributed by atoms with E-state index in [0.717, 1.165) is 0 Å². The third-order valence-electron chi connectivity index (χ3n) is 2.12. The first-order valence-corrected chi connectivity index (χ1v) is 5.38. The van der Waals surface area contributed by atoms with Gasteiger partial charge in [0, 0.05) is 12.4 Å². The predicted molar refractivity (Wildman–Crippen MR) is 62.6 cm³/mol. The minimum absolute atomic E-state index is 0.287. The van der Waals surface area contributed by atoms with Gasteiger partial charge in [0.2, 0.25) is 5.54 Å². The number of hydrogen-bond donors (Lipinski definition) is 2. The molecule has 100 valence electrons. The van der Waals surface area contributed by atoms with Crippen LogP contribution >= 0.6 is 0 Å². The van der Waals surface area contributed by atoms with Crippen LogP contribution < -0.4 is 5.73 Å². The monoisotopic (exact) mass is 255 g/mol. The van der Waals surface area contributed by atoms with Gasteiger partial charge in [-0.15, -0.1) is 0 Å². The van der Waals surface area contributed by atoms with Crippen LogP contribution in [0, 0.1) is 0 Å². The number of ether oxygens (including phenoxy) is 1. The molecule has 0 unspecified atom stereocenters. The second kappa shape index (κ2) is 4.77. The lowest BCUT2D eigenvalue weighted by molar-refractivity contribution is -0.170. The Balaban J connectivity index is 2.93. The van der Waals surface area contributed by atoms with Crippen molar-refractivity contribution in [2.75, 3.05) is 0 Å². The Labute approximate surface area is 105 Å². The normalized spacial score (nSPS) is 14.9. The molecule has 7 nitrogen and oxygen atoms in total. The number of carbonyl (C=O) groups is 2. The molecule has 1 atom stereocenters. The fourth-order valence-electron chi connectivity index (χ4n) is 1.24. The summed E-state index contributed by atoms with van der Waals surface area (Å²) >= 11 is 0. The molecular weight excluding hydrogens is 238 g/mol. The first-order valence-electron chi connectivity index (χ1n) is 5.38. The van der Waals surface area contributed by atoms with Crippen LogP contribution in [0.3, 0.4) is 0 Å². The Bertz CT molecular complexity index is 436. The van der Waals surface area contributed by atoms with Crippen molar-refractivity contribution < 1.29 is 19.4 Å². The van der Waals surface area contributed by atoms with E-state index in [1.165, 1.54) is 17.1 Å². The van der Waals surface area contributed by atoms with Gasteiger partial charge in [0.1, 0.15) is 5.60 Å². The largest absolute Gasteiger partial charge is 0.479 e. The standard InChI is InChI=1S/C11H17N3O4/c1-10(2,3)18-9(17)11(12,8(15)16)7-14-6-4-5-13-14/h4-6H,7,12H2,1-3H3,(H,15,16)/t11-/m1/s1. The van der Waals surface area contributed by atoms with E-state index in [4.69, 9.17) is 15.6 Å². The van der Waals surface area contributed by atoms with Crippen molar-refractivity contribution in [2.24, 2.45) is 5.73 Å². The number of nitrogens with zero attached hydrogens (tertiary/aromatic N) is 2. The lowest BCUT2D eigenvalue weighted by Crippen LogP contribution is -2.59. The van der Waals surface area contributed by atoms with Crippen molar-refractivity contribution in [1.29, 1.82) is 0 Å². The second-order valence-electron chi connectivity index (χ2n) is 4.98. The van der Waals surface area contributed by atoms with Crippen LogP contribution in [0.15, 0.2) is 18.5 Å². The van der Waals surface area contributed by atoms with Gasteiger partial charge in [-0.05, 0) is 26.8 Å². The fourth-order valence-corrected chi connectivity index (χ4v) is 1.24. The molecule has 1 aromatic rings. The maximum atomic E-state index is 11.9. The van der Waals surface area contributed by atoms with Gasteiger partial charge >= 0.3 is 11.9 Å². The Morgan fingerprint density at radius 2 is 2.06 bits per heavy atom. The second-order valence-corrected chi connectivity index (χ2v) is 4.98. The maximum Gasteiger partial charge on any atom is 0.340 e. The molecule has 3 N–H and O–H groups in total. The minimum atomic E-state index is -2.15. The zero-order valence-electron chi connectivity index (χ0n) is 10.6. The average Bonchev–Trinajstić information content (AvgIpc) is 2.66. The molecule has 1 aromatic heterocycles. The summed E-state index contributed by atoms with van der Waals surface area (Å²) in [6.07, 6.45) is 2.99. The van der Waals surface area contributed by atoms with E-state index >= 15 is 0 Å². The minimum Gasteiger partial charge on any atom is -0.479 e. The Morgan fingerprint density at radius 1 is 1.44 bits per heavy atom. The van der Waals surface area contributed by atoms with E-state index in [1.54, 1.807) is 26.8 Å². The van der Waals surface area contributed by atoms with Crippen LogP contribution in [-0.2, 0) is 20.9 Å². The molecule has 0 amide bonds. The molecule has 0 aliphatic heterocycles. The first kappa shape index (κ1) is 14.2. The van der Waals surface area contributed by atoms with Gasteiger partial charge in [0.25, 0.3) is 0 Å². The summed E-state index contributed by atoms with van der Waals surface area (Å²) in [7, 11) is 0. The van der Waals surface area contributed by atoms with Crippen molar-refractivity contribution in [1.82, 2.24) is 9.78 Å². The quantitative estimate of drug-likeness (QED) is 0.579. The maximum absolute atomic E-state index is 11.9. The van der Waals surface area contributed by atoms with Gasteiger partial charge in [-0.2, -0.15) is 5.10 Å². The molecule has 18 heavy (non-hydrogen) atoms.